The largest absolute Gasteiger partial charge is 0.482 e. The molecule has 0 saturated heterocycles. The smallest absolute Gasteiger partial charge is 0.372 e. The van der Waals surface area contributed by atoms with Gasteiger partial charge in [-0.25, -0.2) is 9.78 Å². The predicted octanol–water partition coefficient (Wildman–Crippen LogP) is 1.05. The third kappa shape index (κ3) is 4.61. The number of aryl methyl sites for hydroxylation is 1. The van der Waals surface area contributed by atoms with Crippen LogP contribution in [0.2, 0.25) is 0 Å². The fourth-order valence-electron chi connectivity index (χ4n) is 1.58. The lowest BCUT2D eigenvalue weighted by Crippen LogP contribution is -2.18. The van der Waals surface area contributed by atoms with E-state index in [2.05, 4.69) is 10.1 Å². The minimum absolute atomic E-state index is 0.118. The van der Waals surface area contributed by atoms with Crippen molar-refractivity contribution in [3.05, 3.63) is 59.9 Å². The van der Waals surface area contributed by atoms with Crippen molar-refractivity contribution in [3.63, 3.8) is 0 Å². The highest BCUT2D eigenvalue weighted by molar-refractivity contribution is 5.97. The molecule has 1 aromatic carbocycles. The number of amidine groups is 1. The standard InChI is InChI=1S/C15H15N3O3/c1-11-3-2-4-13(9-11)20-10-14(19)21-18-15(16)12-5-7-17-8-6-12/h2-9H,10H2,1H3,(H2,16,18)/p+1. The molecular weight excluding hydrogens is 270 g/mol. The van der Waals surface area contributed by atoms with E-state index < -0.39 is 5.97 Å². The van der Waals surface area contributed by atoms with Crippen LogP contribution >= 0.6 is 0 Å². The van der Waals surface area contributed by atoms with E-state index in [1.165, 1.54) is 0 Å². The summed E-state index contributed by atoms with van der Waals surface area (Å²) in [6.07, 6.45) is 3.39. The fourth-order valence-corrected chi connectivity index (χ4v) is 1.58. The SMILES string of the molecule is Cc1cccc(OCC(=O)ON=C(N)c2cc[nH+]cc2)c1. The third-order valence-electron chi connectivity index (χ3n) is 2.61. The minimum atomic E-state index is -0.623. The number of aromatic nitrogens is 1. The summed E-state index contributed by atoms with van der Waals surface area (Å²) in [6.45, 7) is 1.70. The molecule has 0 spiro atoms. The molecule has 0 aliphatic rings. The highest BCUT2D eigenvalue weighted by Crippen LogP contribution is 2.12. The number of hydrogen-bond acceptors (Lipinski definition) is 4. The van der Waals surface area contributed by atoms with Crippen LogP contribution in [-0.4, -0.2) is 18.4 Å². The van der Waals surface area contributed by atoms with E-state index in [0.29, 0.717) is 11.3 Å². The number of rotatable bonds is 5. The van der Waals surface area contributed by atoms with Crippen LogP contribution in [0.1, 0.15) is 11.1 Å². The van der Waals surface area contributed by atoms with Gasteiger partial charge in [-0.3, -0.25) is 0 Å². The highest BCUT2D eigenvalue weighted by Gasteiger charge is 2.06. The average molecular weight is 286 g/mol. The van der Waals surface area contributed by atoms with E-state index in [4.69, 9.17) is 15.3 Å². The van der Waals surface area contributed by atoms with Gasteiger partial charge in [-0.1, -0.05) is 17.3 Å². The van der Waals surface area contributed by atoms with E-state index >= 15 is 0 Å². The lowest BCUT2D eigenvalue weighted by molar-refractivity contribution is -0.378. The normalized spacial score (nSPS) is 11.0. The summed E-state index contributed by atoms with van der Waals surface area (Å²) < 4.78 is 5.30. The maximum absolute atomic E-state index is 11.5. The van der Waals surface area contributed by atoms with E-state index in [9.17, 15) is 4.79 Å². The van der Waals surface area contributed by atoms with E-state index in [-0.39, 0.29) is 12.4 Å². The Hall–Kier alpha value is -2.89. The van der Waals surface area contributed by atoms with Crippen LogP contribution in [0.25, 0.3) is 0 Å². The predicted molar refractivity (Wildman–Crippen MR) is 76.5 cm³/mol. The van der Waals surface area contributed by atoms with E-state index in [1.807, 2.05) is 25.1 Å². The van der Waals surface area contributed by atoms with Crippen molar-refractivity contribution in [2.45, 2.75) is 6.92 Å². The van der Waals surface area contributed by atoms with Gasteiger partial charge in [0.25, 0.3) is 0 Å². The quantitative estimate of drug-likeness (QED) is 0.385. The Kier molecular flexibility index (Phi) is 4.87. The van der Waals surface area contributed by atoms with Crippen LogP contribution in [0, 0.1) is 6.92 Å². The average Bonchev–Trinajstić information content (AvgIpc) is 2.51. The molecule has 2 aromatic rings. The number of H-pyrrole nitrogens is 1. The Bertz CT molecular complexity index is 642. The summed E-state index contributed by atoms with van der Waals surface area (Å²) >= 11 is 0. The second-order valence-electron chi connectivity index (χ2n) is 4.33. The van der Waals surface area contributed by atoms with Crippen molar-refractivity contribution in [1.82, 2.24) is 0 Å². The van der Waals surface area contributed by atoms with Gasteiger partial charge in [0.2, 0.25) is 0 Å². The highest BCUT2D eigenvalue weighted by atomic mass is 16.7. The van der Waals surface area contributed by atoms with Crippen LogP contribution in [0.4, 0.5) is 0 Å². The molecule has 0 radical (unpaired) electrons. The van der Waals surface area contributed by atoms with Gasteiger partial charge in [-0.05, 0) is 24.6 Å². The molecule has 0 aliphatic carbocycles. The first-order chi connectivity index (χ1) is 10.1. The molecule has 6 nitrogen and oxygen atoms in total. The molecular formula is C15H16N3O3+. The Morgan fingerprint density at radius 3 is 2.76 bits per heavy atom. The van der Waals surface area contributed by atoms with Gasteiger partial charge in [0.15, 0.2) is 24.8 Å². The summed E-state index contributed by atoms with van der Waals surface area (Å²) in [4.78, 5) is 19.1. The molecule has 0 atom stereocenters. The lowest BCUT2D eigenvalue weighted by Gasteiger charge is -2.05. The van der Waals surface area contributed by atoms with Crippen LogP contribution in [-0.2, 0) is 9.63 Å². The first-order valence-electron chi connectivity index (χ1n) is 6.34. The molecule has 6 heteroatoms. The molecule has 0 aliphatic heterocycles. The van der Waals surface area contributed by atoms with Gasteiger partial charge >= 0.3 is 5.97 Å². The number of nitrogens with two attached hydrogens (primary N) is 1. The molecule has 0 amide bonds. The van der Waals surface area contributed by atoms with Crippen molar-refractivity contribution in [2.75, 3.05) is 6.61 Å². The number of carbonyl (C=O) groups excluding carboxylic acids is 1. The zero-order chi connectivity index (χ0) is 15.1. The van der Waals surface area contributed by atoms with E-state index in [0.717, 1.165) is 5.56 Å². The Morgan fingerprint density at radius 1 is 1.29 bits per heavy atom. The zero-order valence-corrected chi connectivity index (χ0v) is 11.6. The number of carbonyl (C=O) groups is 1. The Morgan fingerprint density at radius 2 is 2.05 bits per heavy atom. The summed E-state index contributed by atoms with van der Waals surface area (Å²) in [5.41, 5.74) is 7.39. The molecule has 0 fully saturated rings. The topological polar surface area (TPSA) is 88.0 Å². The van der Waals surface area contributed by atoms with Crippen molar-refractivity contribution in [2.24, 2.45) is 10.9 Å². The summed E-state index contributed by atoms with van der Waals surface area (Å²) in [5, 5.41) is 3.58. The summed E-state index contributed by atoms with van der Waals surface area (Å²) in [6, 6.07) is 10.8. The number of hydrogen-bond donors (Lipinski definition) is 1. The monoisotopic (exact) mass is 286 g/mol. The first kappa shape index (κ1) is 14.5. The number of nitrogens with zero attached hydrogens (tertiary/aromatic N) is 1. The van der Waals surface area contributed by atoms with Gasteiger partial charge in [0.1, 0.15) is 5.75 Å². The molecule has 0 bridgehead atoms. The molecule has 0 saturated carbocycles. The van der Waals surface area contributed by atoms with Crippen LogP contribution < -0.4 is 15.5 Å². The maximum atomic E-state index is 11.5. The molecule has 0 unspecified atom stereocenters. The first-order valence-corrected chi connectivity index (χ1v) is 6.34. The molecule has 1 aromatic heterocycles. The number of nitrogens with one attached hydrogen (secondary N) is 1. The van der Waals surface area contributed by atoms with Crippen molar-refractivity contribution in [3.8, 4) is 5.75 Å². The van der Waals surface area contributed by atoms with Gasteiger partial charge in [0, 0.05) is 17.7 Å². The van der Waals surface area contributed by atoms with E-state index in [1.54, 1.807) is 30.6 Å². The van der Waals surface area contributed by atoms with Gasteiger partial charge in [-0.15, -0.1) is 0 Å². The molecule has 108 valence electrons. The van der Waals surface area contributed by atoms with Crippen LogP contribution in [0.5, 0.6) is 5.75 Å². The van der Waals surface area contributed by atoms with Gasteiger partial charge in [-0.2, -0.15) is 0 Å². The lowest BCUT2D eigenvalue weighted by atomic mass is 10.2. The van der Waals surface area contributed by atoms with Gasteiger partial charge in [0.05, 0.1) is 0 Å². The Labute approximate surface area is 122 Å². The van der Waals surface area contributed by atoms with Crippen LogP contribution in [0.15, 0.2) is 53.9 Å². The second-order valence-corrected chi connectivity index (χ2v) is 4.33. The van der Waals surface area contributed by atoms with Gasteiger partial charge < -0.3 is 15.3 Å². The minimum Gasteiger partial charge on any atom is -0.482 e. The fraction of sp³-hybridized carbons (Fsp3) is 0.133. The third-order valence-corrected chi connectivity index (χ3v) is 2.61. The molecule has 3 N–H and O–H groups in total. The van der Waals surface area contributed by atoms with Crippen molar-refractivity contribution < 1.29 is 19.4 Å². The molecule has 1 heterocycles. The van der Waals surface area contributed by atoms with Crippen LogP contribution in [0.3, 0.4) is 0 Å². The van der Waals surface area contributed by atoms with Crippen molar-refractivity contribution >= 4 is 11.8 Å². The second kappa shape index (κ2) is 7.04. The number of ether oxygens (including phenoxy) is 1. The zero-order valence-electron chi connectivity index (χ0n) is 11.6. The number of pyridine rings is 1. The molecule has 2 rings (SSSR count). The number of aromatic amines is 1. The number of oxime groups is 1. The van der Waals surface area contributed by atoms with Crippen molar-refractivity contribution in [1.29, 1.82) is 0 Å². The number of benzene rings is 1. The maximum Gasteiger partial charge on any atom is 0.372 e. The summed E-state index contributed by atoms with van der Waals surface area (Å²) in [5.74, 6) is 0.0948. The molecule has 21 heavy (non-hydrogen) atoms. The Balaban J connectivity index is 1.85. The summed E-state index contributed by atoms with van der Waals surface area (Å²) in [7, 11) is 0.